The lowest BCUT2D eigenvalue weighted by molar-refractivity contribution is 0.0822. The van der Waals surface area contributed by atoms with Gasteiger partial charge in [-0.2, -0.15) is 0 Å². The second kappa shape index (κ2) is 6.94. The molecule has 1 aromatic carbocycles. The zero-order valence-electron chi connectivity index (χ0n) is 12.5. The number of rotatable bonds is 5. The maximum atomic E-state index is 12.0. The molecule has 1 saturated carbocycles. The molecule has 1 heterocycles. The van der Waals surface area contributed by atoms with Crippen molar-refractivity contribution in [1.82, 2.24) is 10.2 Å². The van der Waals surface area contributed by atoms with Crippen LogP contribution >= 0.6 is 0 Å². The Morgan fingerprint density at radius 2 is 1.86 bits per heavy atom. The Hall–Kier alpha value is -1.55. The van der Waals surface area contributed by atoms with Gasteiger partial charge in [-0.3, -0.25) is 0 Å². The van der Waals surface area contributed by atoms with Crippen LogP contribution in [0.4, 0.5) is 4.79 Å². The van der Waals surface area contributed by atoms with E-state index in [1.807, 2.05) is 35.2 Å². The van der Waals surface area contributed by atoms with E-state index in [4.69, 9.17) is 4.74 Å². The number of nitrogens with one attached hydrogen (secondary N) is 1. The van der Waals surface area contributed by atoms with Crippen LogP contribution < -0.4 is 5.32 Å². The molecule has 2 fully saturated rings. The monoisotopic (exact) mass is 288 g/mol. The first-order valence-electron chi connectivity index (χ1n) is 8.00. The molecule has 0 atom stereocenters. The standard InChI is InChI=1S/C17H24N2O2/c20-17(21-13-15-4-2-1-3-5-15)19-10-8-14(9-11-19)12-18-16-6-7-16/h1-5,14,16,18H,6-13H2. The minimum Gasteiger partial charge on any atom is -0.445 e. The Kier molecular flexibility index (Phi) is 4.76. The Morgan fingerprint density at radius 3 is 2.52 bits per heavy atom. The summed E-state index contributed by atoms with van der Waals surface area (Å²) in [6, 6.07) is 10.6. The first kappa shape index (κ1) is 14.4. The highest BCUT2D eigenvalue weighted by Crippen LogP contribution is 2.22. The van der Waals surface area contributed by atoms with Gasteiger partial charge < -0.3 is 15.0 Å². The summed E-state index contributed by atoms with van der Waals surface area (Å²) in [6.45, 7) is 3.12. The van der Waals surface area contributed by atoms with Crippen LogP contribution in [0.1, 0.15) is 31.2 Å². The van der Waals surface area contributed by atoms with Gasteiger partial charge in [-0.05, 0) is 43.7 Å². The average Bonchev–Trinajstić information content (AvgIpc) is 3.36. The fourth-order valence-electron chi connectivity index (χ4n) is 2.75. The van der Waals surface area contributed by atoms with Gasteiger partial charge in [-0.15, -0.1) is 0 Å². The number of benzene rings is 1. The van der Waals surface area contributed by atoms with Gasteiger partial charge in [0.05, 0.1) is 0 Å². The summed E-state index contributed by atoms with van der Waals surface area (Å²) in [7, 11) is 0. The van der Waals surface area contributed by atoms with E-state index in [0.29, 0.717) is 12.5 Å². The van der Waals surface area contributed by atoms with Crippen molar-refractivity contribution < 1.29 is 9.53 Å². The third kappa shape index (κ3) is 4.46. The van der Waals surface area contributed by atoms with E-state index in [0.717, 1.165) is 44.1 Å². The summed E-state index contributed by atoms with van der Waals surface area (Å²) in [6.07, 6.45) is 4.67. The van der Waals surface area contributed by atoms with Crippen LogP contribution in [0.15, 0.2) is 30.3 Å². The molecule has 0 radical (unpaired) electrons. The number of piperidine rings is 1. The summed E-state index contributed by atoms with van der Waals surface area (Å²) >= 11 is 0. The molecule has 1 aliphatic heterocycles. The van der Waals surface area contributed by atoms with Crippen molar-refractivity contribution in [2.75, 3.05) is 19.6 Å². The van der Waals surface area contributed by atoms with Crippen molar-refractivity contribution in [3.63, 3.8) is 0 Å². The lowest BCUT2D eigenvalue weighted by Crippen LogP contribution is -2.41. The predicted molar refractivity (Wildman–Crippen MR) is 81.9 cm³/mol. The van der Waals surface area contributed by atoms with Crippen molar-refractivity contribution in [3.05, 3.63) is 35.9 Å². The maximum Gasteiger partial charge on any atom is 0.410 e. The molecule has 0 bridgehead atoms. The van der Waals surface area contributed by atoms with Gasteiger partial charge in [-0.1, -0.05) is 30.3 Å². The van der Waals surface area contributed by atoms with Gasteiger partial charge in [0.2, 0.25) is 0 Å². The van der Waals surface area contributed by atoms with E-state index < -0.39 is 0 Å². The summed E-state index contributed by atoms with van der Waals surface area (Å²) in [5, 5.41) is 3.58. The van der Waals surface area contributed by atoms with Crippen LogP contribution in [0, 0.1) is 5.92 Å². The number of nitrogens with zero attached hydrogens (tertiary/aromatic N) is 1. The van der Waals surface area contributed by atoms with Crippen molar-refractivity contribution in [1.29, 1.82) is 0 Å². The topological polar surface area (TPSA) is 41.6 Å². The molecule has 0 spiro atoms. The largest absolute Gasteiger partial charge is 0.445 e. The third-order valence-corrected chi connectivity index (χ3v) is 4.35. The fraction of sp³-hybridized carbons (Fsp3) is 0.588. The molecular weight excluding hydrogens is 264 g/mol. The first-order chi connectivity index (χ1) is 10.3. The molecule has 114 valence electrons. The van der Waals surface area contributed by atoms with Gasteiger partial charge >= 0.3 is 6.09 Å². The van der Waals surface area contributed by atoms with Crippen LogP contribution in [-0.4, -0.2) is 36.7 Å². The zero-order valence-corrected chi connectivity index (χ0v) is 12.5. The molecule has 1 aliphatic carbocycles. The van der Waals surface area contributed by atoms with Crippen LogP contribution in [-0.2, 0) is 11.3 Å². The highest BCUT2D eigenvalue weighted by molar-refractivity contribution is 5.67. The van der Waals surface area contributed by atoms with E-state index in [1.54, 1.807) is 0 Å². The normalized spacial score (nSPS) is 19.5. The van der Waals surface area contributed by atoms with E-state index in [9.17, 15) is 4.79 Å². The lowest BCUT2D eigenvalue weighted by atomic mass is 9.97. The summed E-state index contributed by atoms with van der Waals surface area (Å²) in [5.74, 6) is 0.712. The van der Waals surface area contributed by atoms with E-state index in [-0.39, 0.29) is 6.09 Å². The number of carbonyl (C=O) groups excluding carboxylic acids is 1. The van der Waals surface area contributed by atoms with Gasteiger partial charge in [0.15, 0.2) is 0 Å². The van der Waals surface area contributed by atoms with E-state index in [1.165, 1.54) is 12.8 Å². The lowest BCUT2D eigenvalue weighted by Gasteiger charge is -2.31. The number of likely N-dealkylation sites (tertiary alicyclic amines) is 1. The molecule has 1 aromatic rings. The average molecular weight is 288 g/mol. The van der Waals surface area contributed by atoms with Crippen molar-refractivity contribution in [2.45, 2.75) is 38.3 Å². The molecule has 4 heteroatoms. The SMILES string of the molecule is O=C(OCc1ccccc1)N1CCC(CNC2CC2)CC1. The summed E-state index contributed by atoms with van der Waals surface area (Å²) in [4.78, 5) is 13.9. The van der Waals surface area contributed by atoms with Crippen LogP contribution in [0.5, 0.6) is 0 Å². The predicted octanol–water partition coefficient (Wildman–Crippen LogP) is 2.79. The van der Waals surface area contributed by atoms with Crippen LogP contribution in [0.25, 0.3) is 0 Å². The Labute approximate surface area is 126 Å². The summed E-state index contributed by atoms with van der Waals surface area (Å²) in [5.41, 5.74) is 1.04. The fourth-order valence-corrected chi connectivity index (χ4v) is 2.75. The molecule has 3 rings (SSSR count). The quantitative estimate of drug-likeness (QED) is 0.906. The molecule has 2 aliphatic rings. The van der Waals surface area contributed by atoms with Gasteiger partial charge in [0, 0.05) is 19.1 Å². The van der Waals surface area contributed by atoms with Crippen LogP contribution in [0.2, 0.25) is 0 Å². The molecule has 1 N–H and O–H groups in total. The maximum absolute atomic E-state index is 12.0. The van der Waals surface area contributed by atoms with Crippen LogP contribution in [0.3, 0.4) is 0 Å². The Balaban J connectivity index is 1.36. The highest BCUT2D eigenvalue weighted by atomic mass is 16.6. The molecule has 1 saturated heterocycles. The van der Waals surface area contributed by atoms with Crippen molar-refractivity contribution in [3.8, 4) is 0 Å². The Bertz CT molecular complexity index is 451. The van der Waals surface area contributed by atoms with Gasteiger partial charge in [-0.25, -0.2) is 4.79 Å². The third-order valence-electron chi connectivity index (χ3n) is 4.35. The molecular formula is C17H24N2O2. The van der Waals surface area contributed by atoms with E-state index in [2.05, 4.69) is 5.32 Å². The van der Waals surface area contributed by atoms with E-state index >= 15 is 0 Å². The Morgan fingerprint density at radius 1 is 1.14 bits per heavy atom. The molecule has 0 aromatic heterocycles. The van der Waals surface area contributed by atoms with Gasteiger partial charge in [0.25, 0.3) is 0 Å². The molecule has 4 nitrogen and oxygen atoms in total. The second-order valence-electron chi connectivity index (χ2n) is 6.15. The van der Waals surface area contributed by atoms with Crippen molar-refractivity contribution in [2.24, 2.45) is 5.92 Å². The minimum absolute atomic E-state index is 0.174. The molecule has 1 amide bonds. The number of ether oxygens (including phenoxy) is 1. The highest BCUT2D eigenvalue weighted by Gasteiger charge is 2.26. The second-order valence-corrected chi connectivity index (χ2v) is 6.15. The molecule has 21 heavy (non-hydrogen) atoms. The number of hydrogen-bond acceptors (Lipinski definition) is 3. The van der Waals surface area contributed by atoms with Crippen molar-refractivity contribution >= 4 is 6.09 Å². The minimum atomic E-state index is -0.174. The number of amides is 1. The van der Waals surface area contributed by atoms with Gasteiger partial charge in [0.1, 0.15) is 6.61 Å². The first-order valence-corrected chi connectivity index (χ1v) is 8.00. The number of carbonyl (C=O) groups is 1. The molecule has 0 unspecified atom stereocenters. The smallest absolute Gasteiger partial charge is 0.410 e. The zero-order chi connectivity index (χ0) is 14.5. The number of hydrogen-bond donors (Lipinski definition) is 1. The summed E-state index contributed by atoms with van der Waals surface area (Å²) < 4.78 is 5.38.